The highest BCUT2D eigenvalue weighted by atomic mass is 32.2. The van der Waals surface area contributed by atoms with Gasteiger partial charge in [-0.25, -0.2) is 14.2 Å². The zero-order valence-electron chi connectivity index (χ0n) is 19.6. The van der Waals surface area contributed by atoms with Crippen LogP contribution >= 0.6 is 11.8 Å². The highest BCUT2D eigenvalue weighted by Gasteiger charge is 2.39. The Hall–Kier alpha value is -3.54. The van der Waals surface area contributed by atoms with Crippen molar-refractivity contribution in [2.45, 2.75) is 26.2 Å². The van der Waals surface area contributed by atoms with E-state index in [2.05, 4.69) is 20.3 Å². The van der Waals surface area contributed by atoms with Crippen molar-refractivity contribution in [2.24, 2.45) is 15.0 Å². The molecular weight excluding hydrogens is 498 g/mol. The van der Waals surface area contributed by atoms with Crippen LogP contribution < -0.4 is 10.2 Å². The fourth-order valence-corrected chi connectivity index (χ4v) is 4.25. The summed E-state index contributed by atoms with van der Waals surface area (Å²) >= 11 is 0.830. The van der Waals surface area contributed by atoms with Gasteiger partial charge in [0, 0.05) is 18.8 Å². The number of nitrogens with zero attached hydrogens (tertiary/aromatic N) is 4. The van der Waals surface area contributed by atoms with Gasteiger partial charge in [-0.3, -0.25) is 14.7 Å². The molecule has 1 atom stereocenters. The Morgan fingerprint density at radius 2 is 1.92 bits per heavy atom. The van der Waals surface area contributed by atoms with Crippen LogP contribution in [0, 0.1) is 6.92 Å². The van der Waals surface area contributed by atoms with Crippen LogP contribution in [0.3, 0.4) is 0 Å². The standard InChI is InChI=1S/C24H23F4N5O2S/c1-4-30-21(29-3)16-8-6-15(7-9-16)18(25)12-31-22(35)32-23-33(20(34)13-36-23)19-11-14(2)5-10-17(19)24(26,27)28/h4-11,18H,12-13H2,1-3H3,(H,31,35)/b29-21?,30-4?,32-23-. The van der Waals surface area contributed by atoms with E-state index < -0.39 is 42.1 Å². The number of thioether (sulfide) groups is 1. The van der Waals surface area contributed by atoms with Gasteiger partial charge in [0.2, 0.25) is 5.91 Å². The van der Waals surface area contributed by atoms with Gasteiger partial charge in [-0.15, -0.1) is 0 Å². The molecule has 0 aromatic heterocycles. The molecule has 1 aliphatic heterocycles. The van der Waals surface area contributed by atoms with Crippen molar-refractivity contribution < 1.29 is 27.2 Å². The molecule has 1 N–H and O–H groups in total. The lowest BCUT2D eigenvalue weighted by molar-refractivity contribution is -0.137. The summed E-state index contributed by atoms with van der Waals surface area (Å²) < 4.78 is 55.3. The number of amides is 3. The van der Waals surface area contributed by atoms with Gasteiger partial charge in [-0.1, -0.05) is 42.1 Å². The minimum atomic E-state index is -4.71. The number of benzene rings is 2. The minimum absolute atomic E-state index is 0.180. The predicted molar refractivity (Wildman–Crippen MR) is 134 cm³/mol. The van der Waals surface area contributed by atoms with E-state index in [0.29, 0.717) is 22.5 Å². The molecular formula is C24H23F4N5O2S. The fourth-order valence-electron chi connectivity index (χ4n) is 3.39. The first kappa shape index (κ1) is 27.1. The molecule has 1 saturated heterocycles. The average Bonchev–Trinajstić information content (AvgIpc) is 3.19. The molecule has 0 aliphatic carbocycles. The Morgan fingerprint density at radius 3 is 2.53 bits per heavy atom. The van der Waals surface area contributed by atoms with Gasteiger partial charge in [0.1, 0.15) is 6.17 Å². The molecule has 12 heteroatoms. The molecule has 0 radical (unpaired) electrons. The van der Waals surface area contributed by atoms with Gasteiger partial charge in [0.25, 0.3) is 0 Å². The number of aliphatic imine (C=N–C) groups is 3. The number of carbonyl (C=O) groups is 2. The maximum Gasteiger partial charge on any atom is 0.418 e. The lowest BCUT2D eigenvalue weighted by Crippen LogP contribution is -2.33. The summed E-state index contributed by atoms with van der Waals surface area (Å²) in [6.45, 7) is 2.91. The van der Waals surface area contributed by atoms with Crippen molar-refractivity contribution in [1.82, 2.24) is 5.32 Å². The molecule has 36 heavy (non-hydrogen) atoms. The second kappa shape index (κ2) is 11.5. The number of amidine groups is 2. The van der Waals surface area contributed by atoms with Crippen molar-refractivity contribution in [3.8, 4) is 0 Å². The number of nitrogens with one attached hydrogen (secondary N) is 1. The lowest BCUT2D eigenvalue weighted by Gasteiger charge is -2.21. The van der Waals surface area contributed by atoms with E-state index >= 15 is 0 Å². The zero-order valence-corrected chi connectivity index (χ0v) is 20.5. The first-order chi connectivity index (χ1) is 17.0. The van der Waals surface area contributed by atoms with Gasteiger partial charge in [0.05, 0.1) is 23.5 Å². The largest absolute Gasteiger partial charge is 0.418 e. The quantitative estimate of drug-likeness (QED) is 0.328. The third-order valence-electron chi connectivity index (χ3n) is 5.09. The van der Waals surface area contributed by atoms with Crippen molar-refractivity contribution in [3.05, 3.63) is 64.7 Å². The average molecular weight is 522 g/mol. The molecule has 3 rings (SSSR count). The molecule has 1 unspecified atom stereocenters. The van der Waals surface area contributed by atoms with E-state index in [1.807, 2.05) is 0 Å². The van der Waals surface area contributed by atoms with E-state index in [9.17, 15) is 27.2 Å². The minimum Gasteiger partial charge on any atom is -0.333 e. The lowest BCUT2D eigenvalue weighted by atomic mass is 10.1. The van der Waals surface area contributed by atoms with Crippen LogP contribution in [0.25, 0.3) is 0 Å². The molecule has 1 heterocycles. The SMILES string of the molecule is CC=NC(=NC)c1ccc(C(F)CNC(=O)/N=C2\SCC(=O)N2c2cc(C)ccc2C(F)(F)F)cc1. The molecule has 0 spiro atoms. The third-order valence-corrected chi connectivity index (χ3v) is 6.01. The van der Waals surface area contributed by atoms with Gasteiger partial charge < -0.3 is 5.32 Å². The number of hydrogen-bond acceptors (Lipinski definition) is 4. The number of anilines is 1. The number of rotatable bonds is 5. The summed E-state index contributed by atoms with van der Waals surface area (Å²) in [4.78, 5) is 37.4. The maximum absolute atomic E-state index is 14.7. The second-order valence-electron chi connectivity index (χ2n) is 7.64. The topological polar surface area (TPSA) is 86.5 Å². The van der Waals surface area contributed by atoms with Gasteiger partial charge in [-0.05, 0) is 37.1 Å². The van der Waals surface area contributed by atoms with Gasteiger partial charge >= 0.3 is 12.2 Å². The van der Waals surface area contributed by atoms with E-state index in [1.165, 1.54) is 24.3 Å². The van der Waals surface area contributed by atoms with Crippen LogP contribution in [0.1, 0.15) is 35.3 Å². The van der Waals surface area contributed by atoms with Crippen LogP contribution in [0.2, 0.25) is 0 Å². The Bertz CT molecular complexity index is 1230. The first-order valence-corrected chi connectivity index (χ1v) is 11.7. The van der Waals surface area contributed by atoms with E-state index in [-0.39, 0.29) is 10.9 Å². The zero-order chi connectivity index (χ0) is 26.5. The van der Waals surface area contributed by atoms with Gasteiger partial charge in [0.15, 0.2) is 11.0 Å². The third kappa shape index (κ3) is 6.36. The molecule has 2 aromatic carbocycles. The monoisotopic (exact) mass is 521 g/mol. The molecule has 0 bridgehead atoms. The van der Waals surface area contributed by atoms with E-state index in [1.54, 1.807) is 39.2 Å². The van der Waals surface area contributed by atoms with Crippen LogP contribution in [-0.4, -0.2) is 48.5 Å². The predicted octanol–water partition coefficient (Wildman–Crippen LogP) is 5.34. The first-order valence-electron chi connectivity index (χ1n) is 10.7. The Morgan fingerprint density at radius 1 is 1.22 bits per heavy atom. The van der Waals surface area contributed by atoms with Crippen molar-refractivity contribution >= 4 is 46.6 Å². The number of hydrogen-bond donors (Lipinski definition) is 1. The van der Waals surface area contributed by atoms with Crippen LogP contribution in [0.15, 0.2) is 57.4 Å². The van der Waals surface area contributed by atoms with E-state index in [4.69, 9.17) is 0 Å². The highest BCUT2D eigenvalue weighted by Crippen LogP contribution is 2.39. The van der Waals surface area contributed by atoms with Crippen molar-refractivity contribution in [3.63, 3.8) is 0 Å². The Balaban J connectivity index is 1.73. The molecule has 0 saturated carbocycles. The molecule has 1 fully saturated rings. The van der Waals surface area contributed by atoms with Gasteiger partial charge in [-0.2, -0.15) is 18.2 Å². The Kier molecular flexibility index (Phi) is 8.62. The molecule has 7 nitrogen and oxygen atoms in total. The summed E-state index contributed by atoms with van der Waals surface area (Å²) in [5.74, 6) is -0.340. The summed E-state index contributed by atoms with van der Waals surface area (Å²) in [5.41, 5.74) is 0.0559. The van der Waals surface area contributed by atoms with E-state index in [0.717, 1.165) is 22.7 Å². The van der Waals surface area contributed by atoms with Crippen LogP contribution in [-0.2, 0) is 11.0 Å². The smallest absolute Gasteiger partial charge is 0.333 e. The molecule has 1 aliphatic rings. The number of halogens is 4. The normalized spacial score (nSPS) is 16.8. The van der Waals surface area contributed by atoms with Crippen molar-refractivity contribution in [1.29, 1.82) is 0 Å². The number of carbonyl (C=O) groups excluding carboxylic acids is 2. The number of urea groups is 1. The summed E-state index contributed by atoms with van der Waals surface area (Å²) in [6.07, 6.45) is -4.69. The second-order valence-corrected chi connectivity index (χ2v) is 8.58. The Labute approximate surface area is 209 Å². The number of alkyl halides is 4. The summed E-state index contributed by atoms with van der Waals surface area (Å²) in [7, 11) is 1.59. The van der Waals surface area contributed by atoms with Crippen LogP contribution in [0.5, 0.6) is 0 Å². The molecule has 2 aromatic rings. The summed E-state index contributed by atoms with van der Waals surface area (Å²) in [5, 5.41) is 2.09. The maximum atomic E-state index is 14.7. The number of aryl methyl sites for hydroxylation is 1. The highest BCUT2D eigenvalue weighted by molar-refractivity contribution is 8.15. The summed E-state index contributed by atoms with van der Waals surface area (Å²) in [6, 6.07) is 8.77. The fraction of sp³-hybridized carbons (Fsp3) is 0.292. The van der Waals surface area contributed by atoms with Crippen LogP contribution in [0.4, 0.5) is 28.0 Å². The molecule has 3 amide bonds. The van der Waals surface area contributed by atoms with Crippen molar-refractivity contribution in [2.75, 3.05) is 24.2 Å². The molecule has 190 valence electrons.